The van der Waals surface area contributed by atoms with Gasteiger partial charge in [-0.1, -0.05) is 0 Å². The fourth-order valence-electron chi connectivity index (χ4n) is 1.77. The molecule has 124 valence electrons. The number of carbonyl (C=O) groups is 2. The third-order valence-electron chi connectivity index (χ3n) is 2.85. The minimum atomic E-state index is -3.53. The summed E-state index contributed by atoms with van der Waals surface area (Å²) in [6, 6.07) is 3.11. The lowest BCUT2D eigenvalue weighted by Gasteiger charge is -2.29. The van der Waals surface area contributed by atoms with Gasteiger partial charge in [0.15, 0.2) is 15.4 Å². The van der Waals surface area contributed by atoms with E-state index in [0.29, 0.717) is 0 Å². The summed E-state index contributed by atoms with van der Waals surface area (Å²) < 4.78 is 46.4. The van der Waals surface area contributed by atoms with Crippen molar-refractivity contribution in [1.29, 1.82) is 0 Å². The van der Waals surface area contributed by atoms with Crippen LogP contribution in [0.3, 0.4) is 0 Å². The quantitative estimate of drug-likeness (QED) is 0.383. The van der Waals surface area contributed by atoms with Crippen molar-refractivity contribution in [3.63, 3.8) is 0 Å². The fraction of sp³-hybridized carbons (Fsp3) is 0.286. The highest BCUT2D eigenvalue weighted by atomic mass is 32.2. The maximum absolute atomic E-state index is 13.7. The minimum Gasteiger partial charge on any atom is -0.419 e. The predicted molar refractivity (Wildman–Crippen MR) is 77.5 cm³/mol. The van der Waals surface area contributed by atoms with Crippen LogP contribution in [0.2, 0.25) is 0 Å². The third-order valence-corrected chi connectivity index (χ3v) is 3.97. The van der Waals surface area contributed by atoms with E-state index in [1.165, 1.54) is 13.8 Å². The number of nitrogens with one attached hydrogen (secondary N) is 1. The Balaban J connectivity index is 2.30. The zero-order valence-corrected chi connectivity index (χ0v) is 13.4. The maximum atomic E-state index is 13.7. The van der Waals surface area contributed by atoms with Crippen molar-refractivity contribution in [1.82, 2.24) is 0 Å². The summed E-state index contributed by atoms with van der Waals surface area (Å²) in [5.74, 6) is -4.00. The summed E-state index contributed by atoms with van der Waals surface area (Å²) in [5, 5.41) is 2.38. The van der Waals surface area contributed by atoms with Crippen LogP contribution >= 0.6 is 0 Å². The molecule has 0 aliphatic carbocycles. The molecule has 0 aromatic heterocycles. The van der Waals surface area contributed by atoms with Crippen molar-refractivity contribution in [2.75, 3.05) is 11.6 Å². The number of ether oxygens (including phenoxy) is 2. The average Bonchev–Trinajstić information content (AvgIpc) is 2.36. The Hall–Kier alpha value is -2.42. The van der Waals surface area contributed by atoms with E-state index in [4.69, 9.17) is 9.47 Å². The summed E-state index contributed by atoms with van der Waals surface area (Å²) in [5.41, 5.74) is -0.681. The Morgan fingerprint density at radius 2 is 1.74 bits per heavy atom. The standard InChI is InChI=1S/C14H14FNO6S/c1-14(2)21-12(17)9(13(18)22-14)7-16-11-6-8(23(3,19)20)4-5-10(11)15/h4-7,16H,1-3H3. The van der Waals surface area contributed by atoms with E-state index in [2.05, 4.69) is 5.32 Å². The first-order valence-electron chi connectivity index (χ1n) is 6.42. The van der Waals surface area contributed by atoms with Gasteiger partial charge >= 0.3 is 11.9 Å². The van der Waals surface area contributed by atoms with E-state index in [0.717, 1.165) is 30.7 Å². The van der Waals surface area contributed by atoms with Crippen LogP contribution in [0.15, 0.2) is 34.9 Å². The Kier molecular flexibility index (Phi) is 4.16. The molecule has 23 heavy (non-hydrogen) atoms. The van der Waals surface area contributed by atoms with Gasteiger partial charge < -0.3 is 14.8 Å². The molecule has 0 saturated carbocycles. The van der Waals surface area contributed by atoms with E-state index in [-0.39, 0.29) is 10.6 Å². The first-order valence-corrected chi connectivity index (χ1v) is 8.32. The molecule has 0 bridgehead atoms. The second-order valence-corrected chi connectivity index (χ2v) is 7.31. The predicted octanol–water partition coefficient (Wildman–Crippen LogP) is 1.36. The highest BCUT2D eigenvalue weighted by Crippen LogP contribution is 2.24. The molecule has 9 heteroatoms. The molecule has 1 saturated heterocycles. The van der Waals surface area contributed by atoms with Gasteiger partial charge in [-0.15, -0.1) is 0 Å². The summed E-state index contributed by atoms with van der Waals surface area (Å²) in [4.78, 5) is 23.3. The van der Waals surface area contributed by atoms with Gasteiger partial charge in [-0.25, -0.2) is 22.4 Å². The number of anilines is 1. The third kappa shape index (κ3) is 3.86. The number of cyclic esters (lactones) is 2. The van der Waals surface area contributed by atoms with Crippen molar-refractivity contribution in [3.8, 4) is 0 Å². The van der Waals surface area contributed by atoms with E-state index in [1.54, 1.807) is 0 Å². The number of esters is 2. The molecule has 7 nitrogen and oxygen atoms in total. The molecular formula is C14H14FNO6S. The van der Waals surface area contributed by atoms with Crippen LogP contribution in [0.25, 0.3) is 0 Å². The van der Waals surface area contributed by atoms with Crippen molar-refractivity contribution in [2.45, 2.75) is 24.5 Å². The van der Waals surface area contributed by atoms with Crippen LogP contribution in [0.1, 0.15) is 13.8 Å². The van der Waals surface area contributed by atoms with Gasteiger partial charge in [-0.05, 0) is 18.2 Å². The molecule has 1 aromatic rings. The Morgan fingerprint density at radius 1 is 1.17 bits per heavy atom. The number of benzene rings is 1. The highest BCUT2D eigenvalue weighted by molar-refractivity contribution is 7.90. The minimum absolute atomic E-state index is 0.116. The van der Waals surface area contributed by atoms with Crippen molar-refractivity contribution < 1.29 is 31.9 Å². The number of carbonyl (C=O) groups excluding carboxylic acids is 2. The first kappa shape index (κ1) is 16.9. The monoisotopic (exact) mass is 343 g/mol. The van der Waals surface area contributed by atoms with Gasteiger partial charge in [-0.2, -0.15) is 0 Å². The molecule has 1 fully saturated rings. The summed E-state index contributed by atoms with van der Waals surface area (Å²) in [6.45, 7) is 2.78. The zero-order chi connectivity index (χ0) is 17.4. The SMILES string of the molecule is CC1(C)OC(=O)C(=CNc2cc(S(C)(=O)=O)ccc2F)C(=O)O1. The van der Waals surface area contributed by atoms with Crippen molar-refractivity contribution in [2.24, 2.45) is 0 Å². The van der Waals surface area contributed by atoms with E-state index >= 15 is 0 Å². The van der Waals surface area contributed by atoms with Crippen LogP contribution < -0.4 is 5.32 Å². The molecule has 0 atom stereocenters. The van der Waals surface area contributed by atoms with Crippen LogP contribution in [0.5, 0.6) is 0 Å². The largest absolute Gasteiger partial charge is 0.419 e. The number of rotatable bonds is 3. The molecule has 0 unspecified atom stereocenters. The summed E-state index contributed by atoms with van der Waals surface area (Å²) in [7, 11) is -3.53. The molecule has 1 aliphatic heterocycles. The normalized spacial score (nSPS) is 17.3. The Labute approximate surface area is 132 Å². The Morgan fingerprint density at radius 3 is 2.26 bits per heavy atom. The van der Waals surface area contributed by atoms with E-state index < -0.39 is 39.0 Å². The fourth-order valence-corrected chi connectivity index (χ4v) is 2.42. The van der Waals surface area contributed by atoms with Gasteiger partial charge in [0.05, 0.1) is 10.6 Å². The lowest BCUT2D eigenvalue weighted by atomic mass is 10.2. The van der Waals surface area contributed by atoms with Gasteiger partial charge in [0, 0.05) is 26.3 Å². The molecule has 1 N–H and O–H groups in total. The molecule has 0 radical (unpaired) electrons. The maximum Gasteiger partial charge on any atom is 0.350 e. The highest BCUT2D eigenvalue weighted by Gasteiger charge is 2.38. The van der Waals surface area contributed by atoms with Gasteiger partial charge in [-0.3, -0.25) is 0 Å². The summed E-state index contributed by atoms with van der Waals surface area (Å²) in [6.07, 6.45) is 1.88. The molecule has 1 aromatic carbocycles. The number of hydrogen-bond acceptors (Lipinski definition) is 7. The lowest BCUT2D eigenvalue weighted by Crippen LogP contribution is -2.42. The molecule has 1 heterocycles. The average molecular weight is 343 g/mol. The van der Waals surface area contributed by atoms with Gasteiger partial charge in [0.25, 0.3) is 5.79 Å². The first-order chi connectivity index (χ1) is 10.5. The second kappa shape index (κ2) is 5.65. The molecule has 0 amide bonds. The molecule has 0 spiro atoms. The number of hydrogen-bond donors (Lipinski definition) is 1. The van der Waals surface area contributed by atoms with Crippen LogP contribution in [-0.2, 0) is 28.9 Å². The molecule has 2 rings (SSSR count). The molecular weight excluding hydrogens is 329 g/mol. The van der Waals surface area contributed by atoms with E-state index in [1.807, 2.05) is 0 Å². The smallest absolute Gasteiger partial charge is 0.350 e. The van der Waals surface area contributed by atoms with Crippen LogP contribution in [-0.4, -0.2) is 32.4 Å². The topological polar surface area (TPSA) is 98.8 Å². The van der Waals surface area contributed by atoms with E-state index in [9.17, 15) is 22.4 Å². The zero-order valence-electron chi connectivity index (χ0n) is 12.5. The van der Waals surface area contributed by atoms with Gasteiger partial charge in [0.1, 0.15) is 5.82 Å². The van der Waals surface area contributed by atoms with Crippen molar-refractivity contribution >= 4 is 27.5 Å². The number of sulfone groups is 1. The lowest BCUT2D eigenvalue weighted by molar-refractivity contribution is -0.222. The van der Waals surface area contributed by atoms with Crippen LogP contribution in [0, 0.1) is 5.82 Å². The summed E-state index contributed by atoms with van der Waals surface area (Å²) >= 11 is 0. The second-order valence-electron chi connectivity index (χ2n) is 5.30. The molecule has 1 aliphatic rings. The van der Waals surface area contributed by atoms with Gasteiger partial charge in [0.2, 0.25) is 0 Å². The Bertz CT molecular complexity index is 791. The van der Waals surface area contributed by atoms with Crippen molar-refractivity contribution in [3.05, 3.63) is 35.8 Å². The van der Waals surface area contributed by atoms with Crippen LogP contribution in [0.4, 0.5) is 10.1 Å². The number of halogens is 1.